The predicted molar refractivity (Wildman–Crippen MR) is 140 cm³/mol. The van der Waals surface area contributed by atoms with Crippen molar-refractivity contribution in [3.8, 4) is 11.5 Å². The molecule has 196 valence electrons. The first-order valence-corrected chi connectivity index (χ1v) is 13.3. The lowest BCUT2D eigenvalue weighted by atomic mass is 9.92. The maximum absolute atomic E-state index is 13.0. The molecule has 0 bridgehead atoms. The number of amides is 1. The molecule has 2 aliphatic rings. The molecular weight excluding hydrogens is 503 g/mol. The van der Waals surface area contributed by atoms with Crippen molar-refractivity contribution in [2.24, 2.45) is 5.92 Å². The summed E-state index contributed by atoms with van der Waals surface area (Å²) in [5.74, 6) is 1.77. The number of rotatable bonds is 9. The number of carbonyl (C=O) groups is 1. The second kappa shape index (κ2) is 12.5. The van der Waals surface area contributed by atoms with Crippen molar-refractivity contribution in [2.75, 3.05) is 52.5 Å². The Balaban J connectivity index is 1.21. The molecule has 2 aromatic carbocycles. The van der Waals surface area contributed by atoms with Gasteiger partial charge in [-0.1, -0.05) is 23.2 Å². The predicted octanol–water partition coefficient (Wildman–Crippen LogP) is 4.12. The summed E-state index contributed by atoms with van der Waals surface area (Å²) < 4.78 is 11.7. The fraction of sp³-hybridized carbons (Fsp3) is 0.519. The van der Waals surface area contributed by atoms with Gasteiger partial charge in [0.25, 0.3) is 5.91 Å². The van der Waals surface area contributed by atoms with Gasteiger partial charge in [0.15, 0.2) is 0 Å². The highest BCUT2D eigenvalue weighted by atomic mass is 35.5. The smallest absolute Gasteiger partial charge is 0.253 e. The van der Waals surface area contributed by atoms with Crippen LogP contribution >= 0.6 is 23.2 Å². The Morgan fingerprint density at radius 1 is 0.944 bits per heavy atom. The van der Waals surface area contributed by atoms with E-state index in [9.17, 15) is 9.90 Å². The van der Waals surface area contributed by atoms with Crippen LogP contribution in [0.1, 0.15) is 36.0 Å². The van der Waals surface area contributed by atoms with Crippen LogP contribution in [0, 0.1) is 5.92 Å². The number of piperidine rings is 2. The number of hydrogen-bond donors (Lipinski definition) is 2. The van der Waals surface area contributed by atoms with Crippen molar-refractivity contribution in [2.45, 2.75) is 31.3 Å². The van der Waals surface area contributed by atoms with Crippen molar-refractivity contribution in [1.82, 2.24) is 9.80 Å². The zero-order valence-electron chi connectivity index (χ0n) is 20.4. The van der Waals surface area contributed by atoms with Crippen molar-refractivity contribution >= 4 is 29.1 Å². The van der Waals surface area contributed by atoms with Crippen LogP contribution in [-0.4, -0.2) is 84.1 Å². The molecule has 2 heterocycles. The third-order valence-corrected chi connectivity index (χ3v) is 7.83. The largest absolute Gasteiger partial charge is 0.493 e. The van der Waals surface area contributed by atoms with E-state index >= 15 is 0 Å². The van der Waals surface area contributed by atoms with Gasteiger partial charge in [-0.05, 0) is 81.1 Å². The van der Waals surface area contributed by atoms with Crippen molar-refractivity contribution in [3.63, 3.8) is 0 Å². The van der Waals surface area contributed by atoms with Crippen molar-refractivity contribution < 1.29 is 24.5 Å². The Hall–Kier alpha value is -2.03. The molecule has 2 fully saturated rings. The number of ether oxygens (including phenoxy) is 2. The Labute approximate surface area is 222 Å². The Kier molecular flexibility index (Phi) is 9.36. The summed E-state index contributed by atoms with van der Waals surface area (Å²) in [6, 6.07) is 12.3. The van der Waals surface area contributed by atoms with E-state index < -0.39 is 5.60 Å². The lowest BCUT2D eigenvalue weighted by Crippen LogP contribution is -2.49. The number of β-amino-alcohol motifs (C(OH)–C–C–N with tert-alkyl or cyclic N) is 1. The summed E-state index contributed by atoms with van der Waals surface area (Å²) in [6.45, 7) is 4.63. The summed E-state index contributed by atoms with van der Waals surface area (Å²) in [5.41, 5.74) is -0.397. The van der Waals surface area contributed by atoms with E-state index in [1.54, 1.807) is 35.2 Å². The van der Waals surface area contributed by atoms with E-state index in [2.05, 4.69) is 4.90 Å². The maximum Gasteiger partial charge on any atom is 0.253 e. The quantitative estimate of drug-likeness (QED) is 0.501. The molecule has 4 rings (SSSR count). The minimum atomic E-state index is -1.01. The van der Waals surface area contributed by atoms with Crippen LogP contribution in [0.3, 0.4) is 0 Å². The van der Waals surface area contributed by atoms with E-state index in [0.717, 1.165) is 38.2 Å². The second-order valence-corrected chi connectivity index (χ2v) is 10.5. The van der Waals surface area contributed by atoms with Crippen molar-refractivity contribution in [1.29, 1.82) is 0 Å². The molecule has 0 aromatic heterocycles. The van der Waals surface area contributed by atoms with Gasteiger partial charge in [-0.3, -0.25) is 4.79 Å². The molecule has 0 spiro atoms. The van der Waals surface area contributed by atoms with E-state index in [1.807, 2.05) is 12.1 Å². The Bertz CT molecular complexity index is 1000. The third-order valence-electron chi connectivity index (χ3n) is 7.09. The first-order chi connectivity index (χ1) is 17.3. The minimum absolute atomic E-state index is 0.0507. The van der Waals surface area contributed by atoms with E-state index in [4.69, 9.17) is 37.8 Å². The fourth-order valence-corrected chi connectivity index (χ4v) is 4.95. The van der Waals surface area contributed by atoms with E-state index in [1.165, 1.54) is 0 Å². The van der Waals surface area contributed by atoms with Gasteiger partial charge >= 0.3 is 0 Å². The lowest BCUT2D eigenvalue weighted by Gasteiger charge is -2.38. The molecule has 0 atom stereocenters. The molecule has 2 aliphatic heterocycles. The van der Waals surface area contributed by atoms with Gasteiger partial charge in [-0.15, -0.1) is 0 Å². The molecule has 9 heteroatoms. The highest BCUT2D eigenvalue weighted by molar-refractivity contribution is 6.42. The SMILES string of the molecule is O=C(c1ccc(OCC2CCN(CCO)CC2)cc1)N1CCC(O)(COc2ccc(Cl)c(Cl)c2)CC1. The first-order valence-electron chi connectivity index (χ1n) is 12.5. The molecule has 2 aromatic rings. The van der Waals surface area contributed by atoms with Gasteiger partial charge in [-0.25, -0.2) is 0 Å². The summed E-state index contributed by atoms with van der Waals surface area (Å²) >= 11 is 12.0. The number of likely N-dealkylation sites (tertiary alicyclic amines) is 2. The Morgan fingerprint density at radius 3 is 2.25 bits per heavy atom. The zero-order valence-corrected chi connectivity index (χ0v) is 21.9. The van der Waals surface area contributed by atoms with Gasteiger partial charge in [0.05, 0.1) is 23.3 Å². The van der Waals surface area contributed by atoms with Gasteiger partial charge in [0.2, 0.25) is 0 Å². The molecular formula is C27H34Cl2N2O5. The number of hydrogen-bond acceptors (Lipinski definition) is 6. The van der Waals surface area contributed by atoms with Gasteiger partial charge in [0, 0.05) is 31.3 Å². The highest BCUT2D eigenvalue weighted by Gasteiger charge is 2.35. The van der Waals surface area contributed by atoms with Crippen LogP contribution in [0.4, 0.5) is 0 Å². The fourth-order valence-electron chi connectivity index (χ4n) is 4.66. The van der Waals surface area contributed by atoms with Gasteiger partial charge < -0.3 is 29.5 Å². The molecule has 1 amide bonds. The number of benzene rings is 2. The summed E-state index contributed by atoms with van der Waals surface area (Å²) in [4.78, 5) is 17.0. The molecule has 0 unspecified atom stereocenters. The maximum atomic E-state index is 13.0. The lowest BCUT2D eigenvalue weighted by molar-refractivity contribution is -0.0475. The summed E-state index contributed by atoms with van der Waals surface area (Å²) in [5, 5.41) is 20.8. The van der Waals surface area contributed by atoms with Gasteiger partial charge in [-0.2, -0.15) is 0 Å². The molecule has 7 nitrogen and oxygen atoms in total. The Morgan fingerprint density at radius 2 is 1.61 bits per heavy atom. The third kappa shape index (κ3) is 7.26. The number of aliphatic hydroxyl groups excluding tert-OH is 1. The molecule has 2 N–H and O–H groups in total. The van der Waals surface area contributed by atoms with Gasteiger partial charge in [0.1, 0.15) is 23.7 Å². The molecule has 2 saturated heterocycles. The van der Waals surface area contributed by atoms with Crippen LogP contribution in [0.25, 0.3) is 0 Å². The number of halogens is 2. The molecule has 0 saturated carbocycles. The second-order valence-electron chi connectivity index (χ2n) is 9.73. The normalized spacial score (nSPS) is 18.7. The van der Waals surface area contributed by atoms with Crippen LogP contribution in [-0.2, 0) is 0 Å². The average molecular weight is 537 g/mol. The summed E-state index contributed by atoms with van der Waals surface area (Å²) in [7, 11) is 0. The van der Waals surface area contributed by atoms with Crippen LogP contribution in [0.2, 0.25) is 10.0 Å². The molecule has 0 radical (unpaired) electrons. The number of carbonyl (C=O) groups excluding carboxylic acids is 1. The van der Waals surface area contributed by atoms with Crippen LogP contribution in [0.15, 0.2) is 42.5 Å². The molecule has 36 heavy (non-hydrogen) atoms. The number of nitrogens with zero attached hydrogens (tertiary/aromatic N) is 2. The first kappa shape index (κ1) is 27.0. The molecule has 0 aliphatic carbocycles. The standard InChI is InChI=1S/C27H34Cl2N2O5/c28-24-6-5-23(17-25(24)29)36-19-27(34)9-13-31(14-10-27)26(33)21-1-3-22(4-2-21)35-18-20-7-11-30(12-8-20)15-16-32/h1-6,17,20,32,34H,7-16,18-19H2. The number of aliphatic hydroxyl groups is 2. The zero-order chi connectivity index (χ0) is 25.5. The van der Waals surface area contributed by atoms with E-state index in [0.29, 0.717) is 59.8 Å². The van der Waals surface area contributed by atoms with E-state index in [-0.39, 0.29) is 19.1 Å². The highest BCUT2D eigenvalue weighted by Crippen LogP contribution is 2.29. The van der Waals surface area contributed by atoms with Crippen LogP contribution in [0.5, 0.6) is 11.5 Å². The average Bonchev–Trinajstić information content (AvgIpc) is 2.90. The minimum Gasteiger partial charge on any atom is -0.493 e. The van der Waals surface area contributed by atoms with Crippen LogP contribution < -0.4 is 9.47 Å². The topological polar surface area (TPSA) is 82.5 Å². The summed E-state index contributed by atoms with van der Waals surface area (Å²) in [6.07, 6.45) is 2.99. The van der Waals surface area contributed by atoms with Crippen molar-refractivity contribution in [3.05, 3.63) is 58.1 Å². The monoisotopic (exact) mass is 536 g/mol.